The van der Waals surface area contributed by atoms with Crippen LogP contribution < -0.4 is 9.47 Å². The molecule has 0 saturated heterocycles. The van der Waals surface area contributed by atoms with Gasteiger partial charge in [-0.1, -0.05) is 23.2 Å². The number of rotatable bonds is 5. The minimum atomic E-state index is -2.36. The lowest BCUT2D eigenvalue weighted by Gasteiger charge is -2.34. The molecule has 1 unspecified atom stereocenters. The predicted octanol–water partition coefficient (Wildman–Crippen LogP) is 0.771. The van der Waals surface area contributed by atoms with Crippen molar-refractivity contribution in [3.8, 4) is 11.5 Å². The first kappa shape index (κ1) is 28.6. The summed E-state index contributed by atoms with van der Waals surface area (Å²) in [5.41, 5.74) is -3.53. The molecule has 1 heterocycles. The normalized spacial score (nSPS) is 27.7. The van der Waals surface area contributed by atoms with E-state index in [-0.39, 0.29) is 32.7 Å². The Labute approximate surface area is 230 Å². The molecule has 39 heavy (non-hydrogen) atoms. The number of halogens is 2. The Morgan fingerprint density at radius 2 is 1.62 bits per heavy atom. The zero-order chi connectivity index (χ0) is 29.0. The van der Waals surface area contributed by atoms with Gasteiger partial charge in [0.25, 0.3) is 5.60 Å². The van der Waals surface area contributed by atoms with Crippen LogP contribution in [0, 0.1) is 6.92 Å². The molecule has 14 heteroatoms. The summed E-state index contributed by atoms with van der Waals surface area (Å²) in [6, 6.07) is 0. The predicted molar refractivity (Wildman–Crippen MR) is 132 cm³/mol. The van der Waals surface area contributed by atoms with Gasteiger partial charge in [0.1, 0.15) is 29.4 Å². The Balaban J connectivity index is 1.95. The summed E-state index contributed by atoms with van der Waals surface area (Å²) < 4.78 is 26.7. The molecule has 1 aromatic carbocycles. The second-order valence-electron chi connectivity index (χ2n) is 8.69. The Bertz CT molecular complexity index is 1390. The maximum Gasteiger partial charge on any atom is 0.338 e. The van der Waals surface area contributed by atoms with Crippen molar-refractivity contribution in [2.45, 2.75) is 36.9 Å². The second-order valence-corrected chi connectivity index (χ2v) is 9.44. The number of esters is 2. The fourth-order valence-corrected chi connectivity index (χ4v) is 5.07. The van der Waals surface area contributed by atoms with Crippen LogP contribution >= 0.6 is 23.2 Å². The minimum absolute atomic E-state index is 0.143. The number of methoxy groups -OCH3 is 3. The zero-order valence-corrected chi connectivity index (χ0v) is 22.3. The van der Waals surface area contributed by atoms with Crippen LogP contribution in [0.25, 0.3) is 0 Å². The van der Waals surface area contributed by atoms with Gasteiger partial charge in [-0.25, -0.2) is 9.59 Å². The Hall–Kier alpha value is -3.42. The van der Waals surface area contributed by atoms with Crippen LogP contribution in [0.3, 0.4) is 0 Å². The average Bonchev–Trinajstić information content (AvgIpc) is 3.22. The highest BCUT2D eigenvalue weighted by Crippen LogP contribution is 2.55. The first-order valence-electron chi connectivity index (χ1n) is 11.2. The van der Waals surface area contributed by atoms with E-state index in [0.29, 0.717) is 0 Å². The van der Waals surface area contributed by atoms with Gasteiger partial charge in [0, 0.05) is 12.2 Å². The molecule has 1 spiro atoms. The number of allylic oxidation sites excluding steroid dienone is 2. The second kappa shape index (κ2) is 10.3. The third-order valence-electron chi connectivity index (χ3n) is 6.56. The summed E-state index contributed by atoms with van der Waals surface area (Å²) in [5.74, 6) is -4.87. The number of hydrogen-bond donors (Lipinski definition) is 3. The van der Waals surface area contributed by atoms with Crippen LogP contribution in [0.15, 0.2) is 35.1 Å². The van der Waals surface area contributed by atoms with Crippen molar-refractivity contribution in [2.75, 3.05) is 21.3 Å². The van der Waals surface area contributed by atoms with E-state index in [9.17, 15) is 34.5 Å². The Morgan fingerprint density at radius 1 is 0.974 bits per heavy atom. The van der Waals surface area contributed by atoms with Crippen molar-refractivity contribution < 1.29 is 58.2 Å². The van der Waals surface area contributed by atoms with Crippen molar-refractivity contribution >= 4 is 46.7 Å². The van der Waals surface area contributed by atoms with Crippen molar-refractivity contribution in [1.29, 1.82) is 0 Å². The number of Topliss-reactive ketones (excluding diaryl/α,β-unsaturated/α-hetero) is 1. The number of carbonyl (C=O) groups excluding carboxylic acids is 4. The molecule has 5 atom stereocenters. The first-order valence-corrected chi connectivity index (χ1v) is 12.0. The van der Waals surface area contributed by atoms with E-state index in [0.717, 1.165) is 39.6 Å². The number of aliphatic hydroxyl groups excluding tert-OH is 3. The fourth-order valence-electron chi connectivity index (χ4n) is 4.56. The molecular weight excluding hydrogens is 563 g/mol. The van der Waals surface area contributed by atoms with Crippen molar-refractivity contribution in [3.05, 3.63) is 56.3 Å². The van der Waals surface area contributed by atoms with E-state index in [1.807, 2.05) is 0 Å². The fraction of sp³-hybridized carbons (Fsp3) is 0.360. The minimum Gasteiger partial charge on any atom is -0.496 e. The number of ketones is 2. The van der Waals surface area contributed by atoms with Crippen molar-refractivity contribution in [3.63, 3.8) is 0 Å². The van der Waals surface area contributed by atoms with Gasteiger partial charge in [-0.05, 0) is 18.6 Å². The van der Waals surface area contributed by atoms with Gasteiger partial charge in [-0.2, -0.15) is 0 Å². The lowest BCUT2D eigenvalue weighted by atomic mass is 9.81. The van der Waals surface area contributed by atoms with E-state index in [4.69, 9.17) is 46.9 Å². The topological polar surface area (TPSA) is 175 Å². The van der Waals surface area contributed by atoms with E-state index in [1.165, 1.54) is 6.92 Å². The van der Waals surface area contributed by atoms with Gasteiger partial charge in [0.05, 0.1) is 36.9 Å². The molecule has 3 aliphatic rings. The molecule has 0 fully saturated rings. The average molecular weight is 585 g/mol. The van der Waals surface area contributed by atoms with Gasteiger partial charge in [-0.15, -0.1) is 0 Å². The standard InChI is InChI=1S/C25H22Cl2O12/c1-8-15(26)20(38-19-10(23(33)36-3)7-12(29)17(30)18(19)31)14-21(16(8)27)39-25(22(14)32)11(24(34)37-4)5-9(28)6-13(25)35-2/h5-7,12,17-19,29-31H,1-4H3/t12-,17-,18+,19-,25?/m1/s1. The first-order chi connectivity index (χ1) is 18.3. The van der Waals surface area contributed by atoms with Gasteiger partial charge < -0.3 is 39.0 Å². The molecule has 1 aliphatic heterocycles. The molecule has 1 aromatic rings. The van der Waals surface area contributed by atoms with Gasteiger partial charge in [-0.3, -0.25) is 9.59 Å². The molecule has 4 rings (SSSR count). The highest BCUT2D eigenvalue weighted by atomic mass is 35.5. The number of hydrogen-bond acceptors (Lipinski definition) is 12. The van der Waals surface area contributed by atoms with Crippen LogP contribution in [0.5, 0.6) is 11.5 Å². The van der Waals surface area contributed by atoms with E-state index >= 15 is 0 Å². The van der Waals surface area contributed by atoms with Crippen LogP contribution in [0.4, 0.5) is 0 Å². The largest absolute Gasteiger partial charge is 0.496 e. The highest BCUT2D eigenvalue weighted by Gasteiger charge is 2.61. The molecule has 12 nitrogen and oxygen atoms in total. The van der Waals surface area contributed by atoms with Crippen LogP contribution in [0.1, 0.15) is 15.9 Å². The third-order valence-corrected chi connectivity index (χ3v) is 7.47. The number of fused-ring (bicyclic) bond motifs is 1. The number of ether oxygens (including phenoxy) is 5. The smallest absolute Gasteiger partial charge is 0.338 e. The number of carbonyl (C=O) groups is 4. The third kappa shape index (κ3) is 4.19. The van der Waals surface area contributed by atoms with Crippen molar-refractivity contribution in [1.82, 2.24) is 0 Å². The van der Waals surface area contributed by atoms with Crippen molar-refractivity contribution in [2.24, 2.45) is 0 Å². The van der Waals surface area contributed by atoms with E-state index in [1.54, 1.807) is 0 Å². The lowest BCUT2D eigenvalue weighted by molar-refractivity contribution is -0.141. The van der Waals surface area contributed by atoms with Gasteiger partial charge >= 0.3 is 11.9 Å². The summed E-state index contributed by atoms with van der Waals surface area (Å²) in [4.78, 5) is 51.6. The molecule has 0 saturated carbocycles. The summed E-state index contributed by atoms with van der Waals surface area (Å²) >= 11 is 13.0. The monoisotopic (exact) mass is 584 g/mol. The molecule has 208 valence electrons. The SMILES string of the molecule is COC(=O)C1=C[C@@H](O)[C@@H](O)[C@H](O)[C@@H]1Oc1c(Cl)c(C)c(Cl)c2c1C(=O)C1(O2)C(OC)=CC(=O)C=C1C(=O)OC. The maximum absolute atomic E-state index is 14.2. The van der Waals surface area contributed by atoms with Gasteiger partial charge in [0.15, 0.2) is 29.1 Å². The van der Waals surface area contributed by atoms with E-state index in [2.05, 4.69) is 0 Å². The Morgan fingerprint density at radius 3 is 2.21 bits per heavy atom. The Kier molecular flexibility index (Phi) is 7.54. The quantitative estimate of drug-likeness (QED) is 0.415. The molecule has 0 aromatic heterocycles. The number of aliphatic hydroxyl groups is 3. The molecule has 3 N–H and O–H groups in total. The zero-order valence-electron chi connectivity index (χ0n) is 20.8. The highest BCUT2D eigenvalue weighted by molar-refractivity contribution is 6.40. The lowest BCUT2D eigenvalue weighted by Crippen LogP contribution is -2.52. The van der Waals surface area contributed by atoms with Gasteiger partial charge in [0.2, 0.25) is 5.78 Å². The molecular formula is C25H22Cl2O12. The summed E-state index contributed by atoms with van der Waals surface area (Å²) in [6.07, 6.45) is -4.28. The summed E-state index contributed by atoms with van der Waals surface area (Å²) in [7, 11) is 3.23. The summed E-state index contributed by atoms with van der Waals surface area (Å²) in [5, 5.41) is 30.6. The molecule has 2 aliphatic carbocycles. The summed E-state index contributed by atoms with van der Waals surface area (Å²) in [6.45, 7) is 1.46. The van der Waals surface area contributed by atoms with Crippen LogP contribution in [-0.2, 0) is 28.6 Å². The molecule has 0 amide bonds. The molecule has 0 bridgehead atoms. The van der Waals surface area contributed by atoms with Crippen LogP contribution in [0.2, 0.25) is 10.0 Å². The van der Waals surface area contributed by atoms with Crippen LogP contribution in [-0.4, -0.2) is 90.2 Å². The maximum atomic E-state index is 14.2. The van der Waals surface area contributed by atoms with E-state index < -0.39 is 70.4 Å². The molecule has 0 radical (unpaired) electrons. The number of benzene rings is 1.